The van der Waals surface area contributed by atoms with Crippen molar-refractivity contribution < 1.29 is 9.53 Å². The van der Waals surface area contributed by atoms with Crippen LogP contribution >= 0.6 is 23.2 Å². The Kier molecular flexibility index (Phi) is 3.86. The summed E-state index contributed by atoms with van der Waals surface area (Å²) in [5.74, 6) is 0.237. The molecule has 0 heterocycles. The van der Waals surface area contributed by atoms with E-state index in [0.717, 1.165) is 36.5 Å². The van der Waals surface area contributed by atoms with Crippen LogP contribution in [0.4, 0.5) is 0 Å². The highest BCUT2D eigenvalue weighted by Crippen LogP contribution is 2.39. The fourth-order valence-electron chi connectivity index (χ4n) is 2.72. The molecule has 0 bridgehead atoms. The molecule has 0 atom stereocenters. The van der Waals surface area contributed by atoms with E-state index in [2.05, 4.69) is 0 Å². The molecule has 1 saturated carbocycles. The fraction of sp³-hybridized carbons (Fsp3) is 0.312. The minimum absolute atomic E-state index is 0.000469. The monoisotopic (exact) mass is 308 g/mol. The SMILES string of the molecule is O=C(Oc1c(Cl)cc(Cl)c2ccccc12)C1CCCC1. The van der Waals surface area contributed by atoms with E-state index in [1.807, 2.05) is 24.3 Å². The number of carbonyl (C=O) groups excluding carboxylic acids is 1. The van der Waals surface area contributed by atoms with Crippen molar-refractivity contribution in [2.24, 2.45) is 5.92 Å². The lowest BCUT2D eigenvalue weighted by Gasteiger charge is -2.13. The molecule has 0 aliphatic heterocycles. The average molecular weight is 309 g/mol. The molecule has 2 aromatic rings. The van der Waals surface area contributed by atoms with Crippen molar-refractivity contribution in [1.82, 2.24) is 0 Å². The Bertz CT molecular complexity index is 661. The van der Waals surface area contributed by atoms with Gasteiger partial charge in [-0.1, -0.05) is 60.3 Å². The maximum atomic E-state index is 12.2. The Morgan fingerprint density at radius 2 is 1.70 bits per heavy atom. The summed E-state index contributed by atoms with van der Waals surface area (Å²) in [6.45, 7) is 0. The van der Waals surface area contributed by atoms with Crippen LogP contribution in [0.1, 0.15) is 25.7 Å². The zero-order valence-corrected chi connectivity index (χ0v) is 12.4. The van der Waals surface area contributed by atoms with Crippen LogP contribution in [0.5, 0.6) is 5.75 Å². The topological polar surface area (TPSA) is 26.3 Å². The van der Waals surface area contributed by atoms with Crippen molar-refractivity contribution in [3.63, 3.8) is 0 Å². The average Bonchev–Trinajstić information content (AvgIpc) is 2.97. The van der Waals surface area contributed by atoms with E-state index in [1.54, 1.807) is 6.07 Å². The summed E-state index contributed by atoms with van der Waals surface area (Å²) in [7, 11) is 0. The lowest BCUT2D eigenvalue weighted by Crippen LogP contribution is -2.18. The summed E-state index contributed by atoms with van der Waals surface area (Å²) in [6, 6.07) is 9.15. The number of hydrogen-bond donors (Lipinski definition) is 0. The first-order chi connectivity index (χ1) is 9.66. The van der Waals surface area contributed by atoms with Gasteiger partial charge in [0.15, 0.2) is 5.75 Å². The van der Waals surface area contributed by atoms with Crippen LogP contribution in [0.25, 0.3) is 10.8 Å². The van der Waals surface area contributed by atoms with Gasteiger partial charge in [-0.2, -0.15) is 0 Å². The van der Waals surface area contributed by atoms with Crippen LogP contribution in [0.3, 0.4) is 0 Å². The normalized spacial score (nSPS) is 15.7. The minimum atomic E-state index is -0.183. The maximum absolute atomic E-state index is 12.2. The second-order valence-electron chi connectivity index (χ2n) is 5.12. The molecule has 2 aromatic carbocycles. The lowest BCUT2D eigenvalue weighted by molar-refractivity contribution is -0.138. The number of benzene rings is 2. The molecule has 0 N–H and O–H groups in total. The highest BCUT2D eigenvalue weighted by Gasteiger charge is 2.26. The van der Waals surface area contributed by atoms with Crippen molar-refractivity contribution in [2.45, 2.75) is 25.7 Å². The van der Waals surface area contributed by atoms with Crippen LogP contribution in [0.2, 0.25) is 10.0 Å². The van der Waals surface area contributed by atoms with Crippen LogP contribution in [-0.2, 0) is 4.79 Å². The van der Waals surface area contributed by atoms with E-state index >= 15 is 0 Å². The van der Waals surface area contributed by atoms with Crippen LogP contribution < -0.4 is 4.74 Å². The van der Waals surface area contributed by atoms with Crippen molar-refractivity contribution >= 4 is 39.9 Å². The predicted molar refractivity (Wildman–Crippen MR) is 81.6 cm³/mol. The first kappa shape index (κ1) is 13.7. The molecule has 0 radical (unpaired) electrons. The fourth-order valence-corrected chi connectivity index (χ4v) is 3.30. The number of esters is 1. The number of hydrogen-bond acceptors (Lipinski definition) is 2. The van der Waals surface area contributed by atoms with Crippen LogP contribution in [0.15, 0.2) is 30.3 Å². The maximum Gasteiger partial charge on any atom is 0.314 e. The molecular weight excluding hydrogens is 295 g/mol. The Hall–Kier alpha value is -1.25. The summed E-state index contributed by atoms with van der Waals surface area (Å²) >= 11 is 12.4. The van der Waals surface area contributed by atoms with Crippen molar-refractivity contribution in [3.8, 4) is 5.75 Å². The molecule has 4 heteroatoms. The number of halogens is 2. The third kappa shape index (κ3) is 2.50. The lowest BCUT2D eigenvalue weighted by atomic mass is 10.1. The Labute approximate surface area is 127 Å². The molecule has 1 aliphatic rings. The van der Waals surface area contributed by atoms with Gasteiger partial charge in [0.2, 0.25) is 0 Å². The first-order valence-corrected chi connectivity index (χ1v) is 7.51. The minimum Gasteiger partial charge on any atom is -0.424 e. The second kappa shape index (κ2) is 5.63. The molecule has 0 unspecified atom stereocenters. The van der Waals surface area contributed by atoms with Gasteiger partial charge in [0.25, 0.3) is 0 Å². The summed E-state index contributed by atoms with van der Waals surface area (Å²) in [5, 5.41) is 2.55. The van der Waals surface area contributed by atoms with Gasteiger partial charge in [-0.15, -0.1) is 0 Å². The van der Waals surface area contributed by atoms with Crippen LogP contribution in [0, 0.1) is 5.92 Å². The quantitative estimate of drug-likeness (QED) is 0.560. The molecule has 1 aliphatic carbocycles. The molecule has 1 fully saturated rings. The van der Waals surface area contributed by atoms with E-state index in [-0.39, 0.29) is 11.9 Å². The van der Waals surface area contributed by atoms with Crippen molar-refractivity contribution in [1.29, 1.82) is 0 Å². The molecule has 0 saturated heterocycles. The van der Waals surface area contributed by atoms with Crippen LogP contribution in [-0.4, -0.2) is 5.97 Å². The molecule has 104 valence electrons. The van der Waals surface area contributed by atoms with Gasteiger partial charge in [0.1, 0.15) is 0 Å². The van der Waals surface area contributed by atoms with E-state index in [9.17, 15) is 4.79 Å². The summed E-state index contributed by atoms with van der Waals surface area (Å²) in [4.78, 5) is 12.2. The molecule has 2 nitrogen and oxygen atoms in total. The zero-order chi connectivity index (χ0) is 14.1. The summed E-state index contributed by atoms with van der Waals surface area (Å²) < 4.78 is 5.57. The van der Waals surface area contributed by atoms with Gasteiger partial charge in [-0.05, 0) is 18.9 Å². The predicted octanol–water partition coefficient (Wildman–Crippen LogP) is 5.24. The highest BCUT2D eigenvalue weighted by atomic mass is 35.5. The highest BCUT2D eigenvalue weighted by molar-refractivity contribution is 6.40. The summed E-state index contributed by atoms with van der Waals surface area (Å²) in [5.41, 5.74) is 0. The van der Waals surface area contributed by atoms with Gasteiger partial charge < -0.3 is 4.74 Å². The molecule has 0 amide bonds. The molecule has 20 heavy (non-hydrogen) atoms. The third-order valence-electron chi connectivity index (χ3n) is 3.79. The first-order valence-electron chi connectivity index (χ1n) is 6.75. The second-order valence-corrected chi connectivity index (χ2v) is 5.93. The Morgan fingerprint density at radius 3 is 2.40 bits per heavy atom. The Balaban J connectivity index is 2.00. The van der Waals surface area contributed by atoms with Crippen molar-refractivity contribution in [3.05, 3.63) is 40.4 Å². The van der Waals surface area contributed by atoms with Gasteiger partial charge in [-0.3, -0.25) is 4.79 Å². The van der Waals surface area contributed by atoms with Gasteiger partial charge in [0.05, 0.1) is 16.0 Å². The third-order valence-corrected chi connectivity index (χ3v) is 4.38. The largest absolute Gasteiger partial charge is 0.424 e. The van der Waals surface area contributed by atoms with Gasteiger partial charge >= 0.3 is 5.97 Å². The van der Waals surface area contributed by atoms with E-state index < -0.39 is 0 Å². The number of carbonyl (C=O) groups is 1. The number of ether oxygens (including phenoxy) is 1. The molecular formula is C16H14Cl2O2. The Morgan fingerprint density at radius 1 is 1.05 bits per heavy atom. The van der Waals surface area contributed by atoms with E-state index in [4.69, 9.17) is 27.9 Å². The zero-order valence-electron chi connectivity index (χ0n) is 10.9. The van der Waals surface area contributed by atoms with Gasteiger partial charge in [0, 0.05) is 10.8 Å². The van der Waals surface area contributed by atoms with E-state index in [1.165, 1.54) is 0 Å². The smallest absolute Gasteiger partial charge is 0.314 e. The van der Waals surface area contributed by atoms with Crippen molar-refractivity contribution in [2.75, 3.05) is 0 Å². The standard InChI is InChI=1S/C16H14Cl2O2/c17-13-9-14(18)15(12-8-4-3-7-11(12)13)20-16(19)10-5-1-2-6-10/h3-4,7-10H,1-2,5-6H2. The summed E-state index contributed by atoms with van der Waals surface area (Å²) in [6.07, 6.45) is 3.99. The van der Waals surface area contributed by atoms with Gasteiger partial charge in [-0.25, -0.2) is 0 Å². The number of rotatable bonds is 2. The molecule has 3 rings (SSSR count). The molecule has 0 spiro atoms. The van der Waals surface area contributed by atoms with E-state index in [0.29, 0.717) is 15.8 Å². The number of fused-ring (bicyclic) bond motifs is 1. The molecule has 0 aromatic heterocycles.